The van der Waals surface area contributed by atoms with E-state index < -0.39 is 9.84 Å². The topological polar surface area (TPSA) is 63.7 Å². The third-order valence-corrected chi connectivity index (χ3v) is 7.31. The van der Waals surface area contributed by atoms with Crippen molar-refractivity contribution < 1.29 is 17.9 Å². The number of hydrogen-bond acceptors (Lipinski definition) is 4. The first-order chi connectivity index (χ1) is 13.3. The molecule has 0 spiro atoms. The SMILES string of the molecule is COCS(=O)(=O)c1cccc2c1CCN(C(=O)Cc1c(Cl)cccc1Cl)C2C. The number of methoxy groups -OCH3 is 1. The number of ether oxygens (including phenoxy) is 1. The minimum absolute atomic E-state index is 0.0971. The van der Waals surface area contributed by atoms with Crippen LogP contribution in [0.4, 0.5) is 0 Å². The Morgan fingerprint density at radius 3 is 2.46 bits per heavy atom. The van der Waals surface area contributed by atoms with Crippen LogP contribution in [-0.2, 0) is 32.2 Å². The van der Waals surface area contributed by atoms with E-state index in [1.54, 1.807) is 35.2 Å². The number of benzene rings is 2. The van der Waals surface area contributed by atoms with Crippen LogP contribution in [0.2, 0.25) is 10.0 Å². The molecule has 1 atom stereocenters. The van der Waals surface area contributed by atoms with Crippen LogP contribution >= 0.6 is 23.2 Å². The number of sulfone groups is 1. The highest BCUT2D eigenvalue weighted by molar-refractivity contribution is 7.91. The Kier molecular flexibility index (Phi) is 6.34. The monoisotopic (exact) mass is 441 g/mol. The molecular weight excluding hydrogens is 421 g/mol. The highest BCUT2D eigenvalue weighted by atomic mass is 35.5. The number of hydrogen-bond donors (Lipinski definition) is 0. The van der Waals surface area contributed by atoms with Gasteiger partial charge in [-0.1, -0.05) is 41.4 Å². The molecule has 0 N–H and O–H groups in total. The fourth-order valence-corrected chi connectivity index (χ4v) is 5.49. The van der Waals surface area contributed by atoms with E-state index in [2.05, 4.69) is 0 Å². The van der Waals surface area contributed by atoms with Crippen LogP contribution in [0.15, 0.2) is 41.3 Å². The molecule has 1 aliphatic rings. The molecule has 8 heteroatoms. The van der Waals surface area contributed by atoms with Gasteiger partial charge in [0.2, 0.25) is 15.7 Å². The lowest BCUT2D eigenvalue weighted by atomic mass is 9.93. The first-order valence-corrected chi connectivity index (χ1v) is 11.2. The quantitative estimate of drug-likeness (QED) is 0.701. The van der Waals surface area contributed by atoms with Gasteiger partial charge in [0.1, 0.15) is 0 Å². The summed E-state index contributed by atoms with van der Waals surface area (Å²) in [6, 6.07) is 10.1. The predicted octanol–water partition coefficient (Wildman–Crippen LogP) is 4.06. The summed E-state index contributed by atoms with van der Waals surface area (Å²) in [7, 11) is -2.18. The van der Waals surface area contributed by atoms with E-state index in [4.69, 9.17) is 27.9 Å². The summed E-state index contributed by atoms with van der Waals surface area (Å²) in [6.07, 6.45) is 0.556. The maximum absolute atomic E-state index is 12.9. The number of halogens is 2. The zero-order valence-corrected chi connectivity index (χ0v) is 17.9. The van der Waals surface area contributed by atoms with E-state index in [1.165, 1.54) is 7.11 Å². The summed E-state index contributed by atoms with van der Waals surface area (Å²) in [6.45, 7) is 2.32. The van der Waals surface area contributed by atoms with Crippen LogP contribution in [0.3, 0.4) is 0 Å². The molecule has 5 nitrogen and oxygen atoms in total. The first-order valence-electron chi connectivity index (χ1n) is 8.82. The Bertz CT molecular complexity index is 987. The van der Waals surface area contributed by atoms with E-state index in [0.717, 1.165) is 11.1 Å². The third-order valence-electron chi connectivity index (χ3n) is 5.01. The molecule has 3 rings (SSSR count). The molecule has 0 aliphatic carbocycles. The highest BCUT2D eigenvalue weighted by Gasteiger charge is 2.31. The fourth-order valence-electron chi connectivity index (χ4n) is 3.64. The van der Waals surface area contributed by atoms with Crippen LogP contribution in [0, 0.1) is 0 Å². The average molecular weight is 442 g/mol. The molecule has 0 saturated carbocycles. The molecule has 150 valence electrons. The average Bonchev–Trinajstić information content (AvgIpc) is 2.64. The lowest BCUT2D eigenvalue weighted by Crippen LogP contribution is -2.40. The lowest BCUT2D eigenvalue weighted by molar-refractivity contribution is -0.133. The van der Waals surface area contributed by atoms with Crippen molar-refractivity contribution >= 4 is 38.9 Å². The molecule has 0 saturated heterocycles. The lowest BCUT2D eigenvalue weighted by Gasteiger charge is -2.36. The molecular formula is C20H21Cl2NO4S. The molecule has 0 aromatic heterocycles. The second kappa shape index (κ2) is 8.41. The zero-order valence-electron chi connectivity index (χ0n) is 15.6. The molecule has 1 aliphatic heterocycles. The molecule has 0 radical (unpaired) electrons. The first kappa shape index (κ1) is 21.1. The van der Waals surface area contributed by atoms with E-state index in [1.807, 2.05) is 13.0 Å². The molecule has 2 aromatic carbocycles. The van der Waals surface area contributed by atoms with Gasteiger partial charge >= 0.3 is 0 Å². The van der Waals surface area contributed by atoms with Crippen molar-refractivity contribution in [1.82, 2.24) is 4.90 Å². The summed E-state index contributed by atoms with van der Waals surface area (Å²) in [5, 5.41) is 0.915. The van der Waals surface area contributed by atoms with Crippen molar-refractivity contribution in [3.05, 3.63) is 63.1 Å². The molecule has 28 heavy (non-hydrogen) atoms. The Hall–Kier alpha value is -1.60. The third kappa shape index (κ3) is 4.06. The van der Waals surface area contributed by atoms with E-state index >= 15 is 0 Å². The fraction of sp³-hybridized carbons (Fsp3) is 0.350. The maximum Gasteiger partial charge on any atom is 0.227 e. The van der Waals surface area contributed by atoms with Crippen LogP contribution in [-0.4, -0.2) is 38.8 Å². The molecule has 2 aromatic rings. The maximum atomic E-state index is 12.9. The van der Waals surface area contributed by atoms with Gasteiger partial charge in [-0.3, -0.25) is 4.79 Å². The van der Waals surface area contributed by atoms with Crippen LogP contribution in [0.5, 0.6) is 0 Å². The summed E-state index contributed by atoms with van der Waals surface area (Å²) in [4.78, 5) is 15.0. The van der Waals surface area contributed by atoms with Crippen molar-refractivity contribution in [1.29, 1.82) is 0 Å². The van der Waals surface area contributed by atoms with E-state index in [0.29, 0.717) is 28.6 Å². The second-order valence-corrected chi connectivity index (χ2v) is 9.45. The van der Waals surface area contributed by atoms with Gasteiger partial charge < -0.3 is 9.64 Å². The van der Waals surface area contributed by atoms with Gasteiger partial charge in [-0.05, 0) is 48.2 Å². The van der Waals surface area contributed by atoms with Gasteiger partial charge in [0.05, 0.1) is 17.4 Å². The van der Waals surface area contributed by atoms with Crippen LogP contribution in [0.1, 0.15) is 29.7 Å². The standard InChI is InChI=1S/C20H21Cl2NO4S/c1-13-14-5-3-8-19(28(25,26)12-27-2)15(14)9-10-23(13)20(24)11-16-17(21)6-4-7-18(16)22/h3-8,13H,9-12H2,1-2H3. The minimum atomic E-state index is -3.53. The van der Waals surface area contributed by atoms with Crippen LogP contribution < -0.4 is 0 Å². The molecule has 1 unspecified atom stereocenters. The number of fused-ring (bicyclic) bond motifs is 1. The Morgan fingerprint density at radius 2 is 1.82 bits per heavy atom. The Balaban J connectivity index is 1.89. The Morgan fingerprint density at radius 1 is 1.18 bits per heavy atom. The van der Waals surface area contributed by atoms with Crippen molar-refractivity contribution in [3.63, 3.8) is 0 Å². The van der Waals surface area contributed by atoms with Crippen molar-refractivity contribution in [3.8, 4) is 0 Å². The van der Waals surface area contributed by atoms with Gasteiger partial charge in [-0.2, -0.15) is 0 Å². The van der Waals surface area contributed by atoms with Crippen molar-refractivity contribution in [2.75, 3.05) is 19.6 Å². The zero-order chi connectivity index (χ0) is 20.5. The summed E-state index contributed by atoms with van der Waals surface area (Å²) in [5.74, 6) is -0.468. The number of carbonyl (C=O) groups excluding carboxylic acids is 1. The number of nitrogens with zero attached hydrogens (tertiary/aromatic N) is 1. The minimum Gasteiger partial charge on any atom is -0.368 e. The highest BCUT2D eigenvalue weighted by Crippen LogP contribution is 2.34. The largest absolute Gasteiger partial charge is 0.368 e. The van der Waals surface area contributed by atoms with Gasteiger partial charge in [-0.15, -0.1) is 0 Å². The van der Waals surface area contributed by atoms with Gasteiger partial charge in [0.15, 0.2) is 5.94 Å². The molecule has 0 fully saturated rings. The number of rotatable bonds is 5. The summed E-state index contributed by atoms with van der Waals surface area (Å²) in [5.41, 5.74) is 2.19. The van der Waals surface area contributed by atoms with Crippen LogP contribution in [0.25, 0.3) is 0 Å². The summed E-state index contributed by atoms with van der Waals surface area (Å²) >= 11 is 12.4. The molecule has 0 bridgehead atoms. The predicted molar refractivity (Wildman–Crippen MR) is 110 cm³/mol. The Labute approximate surface area is 175 Å². The smallest absolute Gasteiger partial charge is 0.227 e. The van der Waals surface area contributed by atoms with E-state index in [-0.39, 0.29) is 29.2 Å². The number of amides is 1. The summed E-state index contributed by atoms with van der Waals surface area (Å²) < 4.78 is 29.9. The molecule has 1 heterocycles. The van der Waals surface area contributed by atoms with Gasteiger partial charge in [0, 0.05) is 23.7 Å². The second-order valence-electron chi connectivity index (χ2n) is 6.74. The van der Waals surface area contributed by atoms with Gasteiger partial charge in [0.25, 0.3) is 0 Å². The van der Waals surface area contributed by atoms with Gasteiger partial charge in [-0.25, -0.2) is 8.42 Å². The number of carbonyl (C=O) groups is 1. The normalized spacial score (nSPS) is 16.7. The van der Waals surface area contributed by atoms with Crippen molar-refractivity contribution in [2.24, 2.45) is 0 Å². The molecule has 1 amide bonds. The van der Waals surface area contributed by atoms with Crippen molar-refractivity contribution in [2.45, 2.75) is 30.7 Å². The van der Waals surface area contributed by atoms with E-state index in [9.17, 15) is 13.2 Å².